The van der Waals surface area contributed by atoms with Crippen molar-refractivity contribution in [1.82, 2.24) is 9.97 Å². The summed E-state index contributed by atoms with van der Waals surface area (Å²) >= 11 is 0. The third kappa shape index (κ3) is 1.88. The molecule has 2 N–H and O–H groups in total. The van der Waals surface area contributed by atoms with E-state index in [2.05, 4.69) is 9.97 Å². The van der Waals surface area contributed by atoms with Crippen LogP contribution in [0.1, 0.15) is 56.7 Å². The van der Waals surface area contributed by atoms with Gasteiger partial charge in [0.1, 0.15) is 5.82 Å². The Morgan fingerprint density at radius 1 is 1.30 bits per heavy atom. The van der Waals surface area contributed by atoms with E-state index in [0.29, 0.717) is 0 Å². The molecule has 1 aromatic rings. The van der Waals surface area contributed by atoms with E-state index < -0.39 is 5.97 Å². The second-order valence-corrected chi connectivity index (χ2v) is 7.40. The lowest BCUT2D eigenvalue weighted by Gasteiger charge is -2.59. The number of imidazole rings is 1. The molecule has 0 aromatic carbocycles. The number of nitrogens with one attached hydrogen (secondary N) is 1. The average Bonchev–Trinajstić information content (AvgIpc) is 2.87. The highest BCUT2D eigenvalue weighted by Crippen LogP contribution is 2.64. The van der Waals surface area contributed by atoms with Crippen LogP contribution in [0, 0.1) is 23.2 Å². The zero-order chi connectivity index (χ0) is 13.7. The predicted octanol–water partition coefficient (Wildman–Crippen LogP) is 3.18. The monoisotopic (exact) mass is 274 g/mol. The van der Waals surface area contributed by atoms with Gasteiger partial charge in [-0.05, 0) is 61.7 Å². The SMILES string of the molecule is O=C(O)CC(c1ncc[nH]1)C12CC3CC(CC(C3)C1)C2. The number of carbonyl (C=O) groups is 1. The lowest BCUT2D eigenvalue weighted by atomic mass is 9.46. The third-order valence-corrected chi connectivity index (χ3v) is 6.05. The van der Waals surface area contributed by atoms with Crippen molar-refractivity contribution in [2.24, 2.45) is 23.2 Å². The van der Waals surface area contributed by atoms with E-state index in [1.54, 1.807) is 6.20 Å². The zero-order valence-corrected chi connectivity index (χ0v) is 11.7. The predicted molar refractivity (Wildman–Crippen MR) is 74.2 cm³/mol. The van der Waals surface area contributed by atoms with E-state index >= 15 is 0 Å². The molecule has 4 saturated carbocycles. The largest absolute Gasteiger partial charge is 0.481 e. The number of nitrogens with zero attached hydrogens (tertiary/aromatic N) is 1. The lowest BCUT2D eigenvalue weighted by Crippen LogP contribution is -2.49. The summed E-state index contributed by atoms with van der Waals surface area (Å²) in [5, 5.41) is 9.34. The molecule has 5 rings (SSSR count). The first kappa shape index (κ1) is 12.4. The maximum Gasteiger partial charge on any atom is 0.304 e. The number of aliphatic carboxylic acids is 1. The maximum atomic E-state index is 11.4. The number of H-pyrrole nitrogens is 1. The Bertz CT molecular complexity index is 473. The zero-order valence-electron chi connectivity index (χ0n) is 11.7. The summed E-state index contributed by atoms with van der Waals surface area (Å²) in [5.74, 6) is 2.80. The highest BCUT2D eigenvalue weighted by Gasteiger charge is 2.55. The normalized spacial score (nSPS) is 39.9. The molecule has 108 valence electrons. The minimum absolute atomic E-state index is 0.0726. The molecule has 0 amide bonds. The molecule has 0 aliphatic heterocycles. The summed E-state index contributed by atoms with van der Waals surface area (Å²) in [6.45, 7) is 0. The third-order valence-electron chi connectivity index (χ3n) is 6.05. The van der Waals surface area contributed by atoms with Crippen molar-refractivity contribution in [2.45, 2.75) is 50.9 Å². The molecule has 4 aliphatic rings. The van der Waals surface area contributed by atoms with Gasteiger partial charge in [-0.1, -0.05) is 0 Å². The van der Waals surface area contributed by atoms with Crippen LogP contribution in [-0.2, 0) is 4.79 Å². The Morgan fingerprint density at radius 3 is 2.35 bits per heavy atom. The van der Waals surface area contributed by atoms with Gasteiger partial charge in [0.15, 0.2) is 0 Å². The van der Waals surface area contributed by atoms with Crippen molar-refractivity contribution in [3.8, 4) is 0 Å². The average molecular weight is 274 g/mol. The molecule has 1 atom stereocenters. The molecule has 0 spiro atoms. The fourth-order valence-corrected chi connectivity index (χ4v) is 5.85. The summed E-state index contributed by atoms with van der Waals surface area (Å²) in [7, 11) is 0. The van der Waals surface area contributed by atoms with E-state index in [0.717, 1.165) is 23.6 Å². The van der Waals surface area contributed by atoms with Crippen molar-refractivity contribution in [1.29, 1.82) is 0 Å². The van der Waals surface area contributed by atoms with Gasteiger partial charge in [-0.2, -0.15) is 0 Å². The van der Waals surface area contributed by atoms with E-state index in [1.807, 2.05) is 6.20 Å². The molecule has 4 nitrogen and oxygen atoms in total. The molecule has 1 unspecified atom stereocenters. The number of hydrogen-bond acceptors (Lipinski definition) is 2. The molecule has 1 heterocycles. The van der Waals surface area contributed by atoms with Crippen LogP contribution >= 0.6 is 0 Å². The minimum atomic E-state index is -0.692. The number of aromatic nitrogens is 2. The van der Waals surface area contributed by atoms with Crippen LogP contribution in [0.25, 0.3) is 0 Å². The van der Waals surface area contributed by atoms with E-state index in [1.165, 1.54) is 38.5 Å². The highest BCUT2D eigenvalue weighted by atomic mass is 16.4. The fraction of sp³-hybridized carbons (Fsp3) is 0.750. The summed E-state index contributed by atoms with van der Waals surface area (Å²) < 4.78 is 0. The van der Waals surface area contributed by atoms with Crippen molar-refractivity contribution in [3.63, 3.8) is 0 Å². The van der Waals surface area contributed by atoms with Gasteiger partial charge in [0.05, 0.1) is 6.42 Å². The standard InChI is InChI=1S/C16H22N2O2/c19-14(20)6-13(15-17-1-2-18-15)16-7-10-3-11(8-16)5-12(4-10)9-16/h1-2,10-13H,3-9H2,(H,17,18)(H,19,20). The Kier molecular flexibility index (Phi) is 2.69. The molecule has 1 aromatic heterocycles. The smallest absolute Gasteiger partial charge is 0.304 e. The van der Waals surface area contributed by atoms with Gasteiger partial charge in [-0.15, -0.1) is 0 Å². The molecule has 4 aliphatic carbocycles. The molecule has 0 saturated heterocycles. The topological polar surface area (TPSA) is 66.0 Å². The van der Waals surface area contributed by atoms with Crippen molar-refractivity contribution in [3.05, 3.63) is 18.2 Å². The highest BCUT2D eigenvalue weighted by molar-refractivity contribution is 5.68. The second kappa shape index (κ2) is 4.34. The van der Waals surface area contributed by atoms with Crippen molar-refractivity contribution < 1.29 is 9.90 Å². The van der Waals surface area contributed by atoms with Crippen LogP contribution in [-0.4, -0.2) is 21.0 Å². The fourth-order valence-electron chi connectivity index (χ4n) is 5.85. The molecule has 4 bridgehead atoms. The van der Waals surface area contributed by atoms with Crippen LogP contribution in [0.4, 0.5) is 0 Å². The Hall–Kier alpha value is -1.32. The van der Waals surface area contributed by atoms with Gasteiger partial charge in [0.2, 0.25) is 0 Å². The van der Waals surface area contributed by atoms with E-state index in [9.17, 15) is 9.90 Å². The van der Waals surface area contributed by atoms with Crippen LogP contribution < -0.4 is 0 Å². The van der Waals surface area contributed by atoms with Crippen LogP contribution in [0.3, 0.4) is 0 Å². The number of carboxylic acid groups (broad SMARTS) is 1. The van der Waals surface area contributed by atoms with Crippen molar-refractivity contribution >= 4 is 5.97 Å². The molecular formula is C16H22N2O2. The van der Waals surface area contributed by atoms with Gasteiger partial charge in [-0.25, -0.2) is 4.98 Å². The Balaban J connectivity index is 1.70. The molecule has 20 heavy (non-hydrogen) atoms. The van der Waals surface area contributed by atoms with Gasteiger partial charge < -0.3 is 10.1 Å². The maximum absolute atomic E-state index is 11.4. The summed E-state index contributed by atoms with van der Waals surface area (Å²) in [5.41, 5.74) is 0.199. The van der Waals surface area contributed by atoms with Gasteiger partial charge >= 0.3 is 5.97 Å². The van der Waals surface area contributed by atoms with Crippen LogP contribution in [0.2, 0.25) is 0 Å². The summed E-state index contributed by atoms with van der Waals surface area (Å²) in [6, 6.07) is 0. The molecule has 4 heteroatoms. The van der Waals surface area contributed by atoms with E-state index in [4.69, 9.17) is 0 Å². The quantitative estimate of drug-likeness (QED) is 0.886. The molecular weight excluding hydrogens is 252 g/mol. The Morgan fingerprint density at radius 2 is 1.90 bits per heavy atom. The number of hydrogen-bond donors (Lipinski definition) is 2. The molecule has 0 radical (unpaired) electrons. The first-order valence-corrected chi connectivity index (χ1v) is 7.86. The first-order chi connectivity index (χ1) is 9.64. The van der Waals surface area contributed by atoms with Crippen molar-refractivity contribution in [2.75, 3.05) is 0 Å². The van der Waals surface area contributed by atoms with Crippen LogP contribution in [0.15, 0.2) is 12.4 Å². The Labute approximate surface area is 119 Å². The lowest BCUT2D eigenvalue weighted by molar-refractivity contribution is -0.140. The van der Waals surface area contributed by atoms with Crippen LogP contribution in [0.5, 0.6) is 0 Å². The molecule has 4 fully saturated rings. The second-order valence-electron chi connectivity index (χ2n) is 7.40. The number of rotatable bonds is 4. The van der Waals surface area contributed by atoms with E-state index in [-0.39, 0.29) is 17.8 Å². The number of carboxylic acids is 1. The van der Waals surface area contributed by atoms with Gasteiger partial charge in [0.25, 0.3) is 0 Å². The summed E-state index contributed by atoms with van der Waals surface area (Å²) in [6.07, 6.45) is 11.6. The number of aromatic amines is 1. The van der Waals surface area contributed by atoms with Gasteiger partial charge in [-0.3, -0.25) is 4.79 Å². The van der Waals surface area contributed by atoms with Gasteiger partial charge in [0, 0.05) is 18.3 Å². The first-order valence-electron chi connectivity index (χ1n) is 7.86. The minimum Gasteiger partial charge on any atom is -0.481 e. The summed E-state index contributed by atoms with van der Waals surface area (Å²) in [4.78, 5) is 19.0.